The molecule has 0 spiro atoms. The van der Waals surface area contributed by atoms with Crippen molar-refractivity contribution in [2.45, 2.75) is 63.1 Å². The number of rotatable bonds is 6. The summed E-state index contributed by atoms with van der Waals surface area (Å²) in [5.41, 5.74) is -1.42. The van der Waals surface area contributed by atoms with E-state index in [9.17, 15) is 23.4 Å². The fourth-order valence-electron chi connectivity index (χ4n) is 4.69. The second kappa shape index (κ2) is 8.28. The monoisotopic (exact) mass is 402 g/mol. The molecule has 0 bridgehead atoms. The summed E-state index contributed by atoms with van der Waals surface area (Å²) in [7, 11) is 1.64. The first-order valence-electron chi connectivity index (χ1n) is 9.76. The van der Waals surface area contributed by atoms with Gasteiger partial charge in [-0.05, 0) is 45.4 Å². The van der Waals surface area contributed by atoms with Crippen LogP contribution in [0.2, 0.25) is 0 Å². The molecule has 2 aliphatic heterocycles. The summed E-state index contributed by atoms with van der Waals surface area (Å²) in [5.74, 6) is -4.30. The third-order valence-corrected chi connectivity index (χ3v) is 6.41. The number of β-amino-alcohol motifs (C(OH)–C–C–N with tert-alkyl or cyclic N) is 1. The average molecular weight is 402 g/mol. The molecule has 28 heavy (non-hydrogen) atoms. The van der Waals surface area contributed by atoms with Crippen LogP contribution in [-0.4, -0.2) is 70.5 Å². The number of ether oxygens (including phenoxy) is 1. The van der Waals surface area contributed by atoms with Crippen LogP contribution in [0.4, 0.5) is 13.2 Å². The van der Waals surface area contributed by atoms with Gasteiger partial charge >= 0.3 is 0 Å². The Morgan fingerprint density at radius 3 is 2.57 bits per heavy atom. The van der Waals surface area contributed by atoms with Crippen molar-refractivity contribution in [1.29, 1.82) is 0 Å². The van der Waals surface area contributed by atoms with Gasteiger partial charge in [-0.15, -0.1) is 0 Å². The normalized spacial score (nSPS) is 31.4. The van der Waals surface area contributed by atoms with Crippen LogP contribution in [0.1, 0.15) is 44.9 Å². The molecule has 8 heteroatoms. The van der Waals surface area contributed by atoms with Crippen LogP contribution in [-0.2, 0) is 4.74 Å². The van der Waals surface area contributed by atoms with E-state index in [0.29, 0.717) is 6.61 Å². The van der Waals surface area contributed by atoms with Gasteiger partial charge in [0.1, 0.15) is 11.8 Å². The van der Waals surface area contributed by atoms with Gasteiger partial charge in [0.25, 0.3) is 0 Å². The Labute approximate surface area is 163 Å². The maximum atomic E-state index is 14.1. The smallest absolute Gasteiger partial charge is 0.194 e. The Morgan fingerprint density at radius 1 is 1.21 bits per heavy atom. The van der Waals surface area contributed by atoms with Crippen molar-refractivity contribution in [2.75, 3.05) is 26.8 Å². The molecule has 3 rings (SSSR count). The van der Waals surface area contributed by atoms with Gasteiger partial charge in [0.2, 0.25) is 0 Å². The van der Waals surface area contributed by atoms with Gasteiger partial charge in [0, 0.05) is 37.3 Å². The lowest BCUT2D eigenvalue weighted by Crippen LogP contribution is -2.77. The molecule has 1 aromatic rings. The van der Waals surface area contributed by atoms with Gasteiger partial charge in [0.15, 0.2) is 17.5 Å². The van der Waals surface area contributed by atoms with Crippen molar-refractivity contribution in [1.82, 2.24) is 9.80 Å². The second-order valence-electron chi connectivity index (χ2n) is 8.03. The highest BCUT2D eigenvalue weighted by Gasteiger charge is 2.58. The zero-order valence-corrected chi connectivity index (χ0v) is 16.5. The van der Waals surface area contributed by atoms with E-state index in [1.165, 1.54) is 4.90 Å². The topological polar surface area (TPSA) is 56.2 Å². The summed E-state index contributed by atoms with van der Waals surface area (Å²) in [5, 5.41) is 21.9. The Hall–Kier alpha value is -1.19. The fraction of sp³-hybridized carbons (Fsp3) is 0.700. The second-order valence-corrected chi connectivity index (χ2v) is 8.03. The van der Waals surface area contributed by atoms with E-state index < -0.39 is 35.3 Å². The summed E-state index contributed by atoms with van der Waals surface area (Å²) in [6.07, 6.45) is 1.40. The summed E-state index contributed by atoms with van der Waals surface area (Å²) < 4.78 is 46.1. The summed E-state index contributed by atoms with van der Waals surface area (Å²) in [6.45, 7) is 5.34. The SMILES string of the molecule is COC[C@H](C)N1CCCC[C@H]1C1(O)CN(C(O)c2ccc(F)c(F)c2F)C1C. The molecule has 0 aromatic heterocycles. The minimum Gasteiger partial charge on any atom is -0.385 e. The third kappa shape index (κ3) is 3.57. The van der Waals surface area contributed by atoms with E-state index >= 15 is 0 Å². The molecule has 158 valence electrons. The lowest BCUT2D eigenvalue weighted by atomic mass is 9.73. The molecule has 0 saturated carbocycles. The number of hydrogen-bond donors (Lipinski definition) is 2. The molecular formula is C20H29F3N2O3. The number of hydrogen-bond acceptors (Lipinski definition) is 5. The minimum absolute atomic E-state index is 0.111. The molecule has 0 amide bonds. The zero-order chi connectivity index (χ0) is 20.6. The van der Waals surface area contributed by atoms with E-state index in [0.717, 1.165) is 37.9 Å². The highest BCUT2D eigenvalue weighted by molar-refractivity contribution is 5.24. The van der Waals surface area contributed by atoms with Gasteiger partial charge < -0.3 is 14.9 Å². The van der Waals surface area contributed by atoms with E-state index in [1.807, 2.05) is 0 Å². The maximum absolute atomic E-state index is 14.1. The standard InChI is InChI=1S/C20H29F3N2O3/c1-12(10-28-3)24-9-5-4-6-16(24)20(27)11-25(13(20)2)19(26)14-7-8-15(21)18(23)17(14)22/h7-8,12-13,16,19,26-27H,4-6,9-11H2,1-3H3/t12-,13?,16-,19?,20?/m0/s1. The van der Waals surface area contributed by atoms with Crippen LogP contribution in [0, 0.1) is 17.5 Å². The first-order chi connectivity index (χ1) is 13.2. The van der Waals surface area contributed by atoms with Gasteiger partial charge in [-0.2, -0.15) is 0 Å². The predicted octanol–water partition coefficient (Wildman–Crippen LogP) is 2.42. The molecule has 2 fully saturated rings. The molecule has 3 unspecified atom stereocenters. The first kappa shape index (κ1) is 21.5. The van der Waals surface area contributed by atoms with E-state index in [-0.39, 0.29) is 24.2 Å². The maximum Gasteiger partial charge on any atom is 0.194 e. The number of aliphatic hydroxyl groups is 2. The Balaban J connectivity index is 1.77. The number of piperidine rings is 1. The van der Waals surface area contributed by atoms with Crippen molar-refractivity contribution in [2.24, 2.45) is 0 Å². The number of benzene rings is 1. The molecular weight excluding hydrogens is 373 g/mol. The fourth-order valence-corrected chi connectivity index (χ4v) is 4.69. The number of methoxy groups -OCH3 is 1. The van der Waals surface area contributed by atoms with Crippen LogP contribution in [0.3, 0.4) is 0 Å². The molecule has 2 aliphatic rings. The summed E-state index contributed by atoms with van der Waals surface area (Å²) in [4.78, 5) is 3.74. The first-order valence-corrected chi connectivity index (χ1v) is 9.76. The third-order valence-electron chi connectivity index (χ3n) is 6.41. The van der Waals surface area contributed by atoms with Crippen LogP contribution in [0.15, 0.2) is 12.1 Å². The average Bonchev–Trinajstić information content (AvgIpc) is 2.69. The molecule has 0 radical (unpaired) electrons. The molecule has 2 N–H and O–H groups in total. The lowest BCUT2D eigenvalue weighted by Gasteiger charge is -2.61. The van der Waals surface area contributed by atoms with Crippen LogP contribution < -0.4 is 0 Å². The number of halogens is 3. The minimum atomic E-state index is -1.60. The molecule has 5 atom stereocenters. The van der Waals surface area contributed by atoms with Crippen LogP contribution in [0.25, 0.3) is 0 Å². The van der Waals surface area contributed by atoms with Crippen molar-refractivity contribution < 1.29 is 28.1 Å². The predicted molar refractivity (Wildman–Crippen MR) is 98.1 cm³/mol. The molecule has 0 aliphatic carbocycles. The van der Waals surface area contributed by atoms with E-state index in [1.54, 1.807) is 14.0 Å². The highest BCUT2D eigenvalue weighted by atomic mass is 19.2. The lowest BCUT2D eigenvalue weighted by molar-refractivity contribution is -0.238. The number of likely N-dealkylation sites (tertiary alicyclic amines) is 2. The largest absolute Gasteiger partial charge is 0.385 e. The Morgan fingerprint density at radius 2 is 1.93 bits per heavy atom. The number of aliphatic hydroxyl groups excluding tert-OH is 1. The quantitative estimate of drug-likeness (QED) is 0.716. The van der Waals surface area contributed by atoms with Crippen LogP contribution in [0.5, 0.6) is 0 Å². The molecule has 1 aromatic carbocycles. The van der Waals surface area contributed by atoms with Crippen molar-refractivity contribution in [3.8, 4) is 0 Å². The molecule has 5 nitrogen and oxygen atoms in total. The van der Waals surface area contributed by atoms with E-state index in [4.69, 9.17) is 4.74 Å². The van der Waals surface area contributed by atoms with E-state index in [2.05, 4.69) is 11.8 Å². The summed E-state index contributed by atoms with van der Waals surface area (Å²) >= 11 is 0. The van der Waals surface area contributed by atoms with Crippen LogP contribution >= 0.6 is 0 Å². The van der Waals surface area contributed by atoms with Crippen molar-refractivity contribution in [3.63, 3.8) is 0 Å². The Kier molecular flexibility index (Phi) is 6.36. The highest BCUT2D eigenvalue weighted by Crippen LogP contribution is 2.43. The summed E-state index contributed by atoms with van der Waals surface area (Å²) in [6, 6.07) is 1.38. The van der Waals surface area contributed by atoms with Gasteiger partial charge in [-0.25, -0.2) is 13.2 Å². The molecule has 2 heterocycles. The van der Waals surface area contributed by atoms with Gasteiger partial charge in [0.05, 0.1) is 6.61 Å². The molecule has 2 saturated heterocycles. The number of nitrogens with zero attached hydrogens (tertiary/aromatic N) is 2. The Bertz CT molecular complexity index is 708. The van der Waals surface area contributed by atoms with Crippen molar-refractivity contribution >= 4 is 0 Å². The van der Waals surface area contributed by atoms with Gasteiger partial charge in [-0.3, -0.25) is 9.80 Å². The van der Waals surface area contributed by atoms with Gasteiger partial charge in [-0.1, -0.05) is 6.42 Å². The van der Waals surface area contributed by atoms with Crippen molar-refractivity contribution in [3.05, 3.63) is 35.1 Å². The zero-order valence-electron chi connectivity index (χ0n) is 16.5.